The van der Waals surface area contributed by atoms with Crippen LogP contribution in [0.4, 0.5) is 14.5 Å². The van der Waals surface area contributed by atoms with Crippen LogP contribution < -0.4 is 5.73 Å². The number of rotatable bonds is 2. The van der Waals surface area contributed by atoms with Crippen molar-refractivity contribution in [3.05, 3.63) is 35.4 Å². The fourth-order valence-corrected chi connectivity index (χ4v) is 1.07. The average molecular weight is 248 g/mol. The standard InChI is InChI=1S/C9H8BrF2N/c10-3-1-2-6-4-7(11)9(13)8(12)5-6/h1-2,4-5H,3,13H2. The van der Waals surface area contributed by atoms with Gasteiger partial charge in [0.05, 0.1) is 0 Å². The Morgan fingerprint density at radius 3 is 2.31 bits per heavy atom. The highest BCUT2D eigenvalue weighted by Crippen LogP contribution is 2.17. The van der Waals surface area contributed by atoms with Crippen LogP contribution in [0.15, 0.2) is 18.2 Å². The third-order valence-corrected chi connectivity index (χ3v) is 1.87. The lowest BCUT2D eigenvalue weighted by atomic mass is 10.2. The molecule has 1 rings (SSSR count). The Balaban J connectivity index is 3.06. The number of alkyl halides is 1. The molecule has 0 saturated carbocycles. The summed E-state index contributed by atoms with van der Waals surface area (Å²) < 4.78 is 25.7. The van der Waals surface area contributed by atoms with Gasteiger partial charge in [0.25, 0.3) is 0 Å². The SMILES string of the molecule is Nc1c(F)cc(C=CCBr)cc1F. The maximum Gasteiger partial charge on any atom is 0.149 e. The topological polar surface area (TPSA) is 26.0 Å². The van der Waals surface area contributed by atoms with E-state index in [1.54, 1.807) is 12.2 Å². The van der Waals surface area contributed by atoms with Crippen molar-refractivity contribution in [1.29, 1.82) is 0 Å². The van der Waals surface area contributed by atoms with Crippen LogP contribution in [0, 0.1) is 11.6 Å². The lowest BCUT2D eigenvalue weighted by molar-refractivity contribution is 0.591. The minimum atomic E-state index is -0.728. The summed E-state index contributed by atoms with van der Waals surface area (Å²) in [6.45, 7) is 0. The van der Waals surface area contributed by atoms with Crippen molar-refractivity contribution >= 4 is 27.7 Å². The highest BCUT2D eigenvalue weighted by Gasteiger charge is 2.05. The van der Waals surface area contributed by atoms with Crippen LogP contribution in [-0.2, 0) is 0 Å². The number of hydrogen-bond acceptors (Lipinski definition) is 1. The minimum Gasteiger partial charge on any atom is -0.394 e. The quantitative estimate of drug-likeness (QED) is 0.632. The molecule has 0 aliphatic carbocycles. The van der Waals surface area contributed by atoms with Gasteiger partial charge in [0.15, 0.2) is 0 Å². The number of nitrogen functional groups attached to an aromatic ring is 1. The highest BCUT2D eigenvalue weighted by atomic mass is 79.9. The number of benzene rings is 1. The van der Waals surface area contributed by atoms with Crippen molar-refractivity contribution in [3.63, 3.8) is 0 Å². The number of allylic oxidation sites excluding steroid dienone is 1. The van der Waals surface area contributed by atoms with E-state index in [1.165, 1.54) is 12.1 Å². The molecule has 13 heavy (non-hydrogen) atoms. The normalized spacial score (nSPS) is 11.0. The van der Waals surface area contributed by atoms with E-state index in [2.05, 4.69) is 15.9 Å². The van der Waals surface area contributed by atoms with Gasteiger partial charge in [-0.05, 0) is 17.7 Å². The first kappa shape index (κ1) is 10.2. The van der Waals surface area contributed by atoms with Crippen molar-refractivity contribution < 1.29 is 8.78 Å². The summed E-state index contributed by atoms with van der Waals surface area (Å²) in [6, 6.07) is 2.38. The minimum absolute atomic E-state index is 0.434. The molecular formula is C9H8BrF2N. The molecule has 2 N–H and O–H groups in total. The first-order valence-electron chi connectivity index (χ1n) is 3.62. The molecule has 0 saturated heterocycles. The van der Waals surface area contributed by atoms with E-state index in [9.17, 15) is 8.78 Å². The van der Waals surface area contributed by atoms with Crippen LogP contribution in [0.2, 0.25) is 0 Å². The Morgan fingerprint density at radius 2 is 1.85 bits per heavy atom. The molecule has 0 unspecified atom stereocenters. The Bertz CT molecular complexity index is 313. The smallest absolute Gasteiger partial charge is 0.149 e. The second kappa shape index (κ2) is 4.37. The van der Waals surface area contributed by atoms with E-state index >= 15 is 0 Å². The monoisotopic (exact) mass is 247 g/mol. The summed E-state index contributed by atoms with van der Waals surface area (Å²) >= 11 is 3.16. The maximum atomic E-state index is 12.9. The summed E-state index contributed by atoms with van der Waals surface area (Å²) in [4.78, 5) is 0. The Kier molecular flexibility index (Phi) is 3.42. The predicted molar refractivity (Wildman–Crippen MR) is 53.6 cm³/mol. The van der Waals surface area contributed by atoms with Crippen LogP contribution in [0.3, 0.4) is 0 Å². The van der Waals surface area contributed by atoms with Crippen LogP contribution in [-0.4, -0.2) is 5.33 Å². The fourth-order valence-electron chi connectivity index (χ4n) is 0.881. The Hall–Kier alpha value is -0.900. The molecule has 1 aromatic rings. The zero-order valence-electron chi connectivity index (χ0n) is 6.73. The van der Waals surface area contributed by atoms with Gasteiger partial charge in [-0.3, -0.25) is 0 Å². The zero-order valence-corrected chi connectivity index (χ0v) is 8.31. The Morgan fingerprint density at radius 1 is 1.31 bits per heavy atom. The molecule has 0 radical (unpaired) electrons. The molecule has 1 nitrogen and oxygen atoms in total. The van der Waals surface area contributed by atoms with Gasteiger partial charge in [-0.1, -0.05) is 28.1 Å². The van der Waals surface area contributed by atoms with Crippen molar-refractivity contribution in [1.82, 2.24) is 0 Å². The molecule has 0 fully saturated rings. The summed E-state index contributed by atoms with van der Waals surface area (Å²) in [5.74, 6) is -1.46. The molecule has 4 heteroatoms. The van der Waals surface area contributed by atoms with E-state index in [0.29, 0.717) is 10.9 Å². The average Bonchev–Trinajstić information content (AvgIpc) is 2.10. The van der Waals surface area contributed by atoms with E-state index in [4.69, 9.17) is 5.73 Å². The van der Waals surface area contributed by atoms with E-state index < -0.39 is 17.3 Å². The van der Waals surface area contributed by atoms with Crippen molar-refractivity contribution in [2.75, 3.05) is 11.1 Å². The van der Waals surface area contributed by atoms with Gasteiger partial charge in [0.2, 0.25) is 0 Å². The van der Waals surface area contributed by atoms with E-state index in [0.717, 1.165) is 0 Å². The van der Waals surface area contributed by atoms with Crippen LogP contribution in [0.1, 0.15) is 5.56 Å². The Labute approximate surface area is 83.4 Å². The van der Waals surface area contributed by atoms with Crippen molar-refractivity contribution in [3.8, 4) is 0 Å². The largest absolute Gasteiger partial charge is 0.394 e. The third-order valence-electron chi connectivity index (χ3n) is 1.50. The lowest BCUT2D eigenvalue weighted by Gasteiger charge is -1.99. The third kappa shape index (κ3) is 2.52. The van der Waals surface area contributed by atoms with Gasteiger partial charge in [-0.15, -0.1) is 0 Å². The highest BCUT2D eigenvalue weighted by molar-refractivity contribution is 9.09. The van der Waals surface area contributed by atoms with Crippen molar-refractivity contribution in [2.45, 2.75) is 0 Å². The number of anilines is 1. The molecule has 0 aromatic heterocycles. The molecule has 0 bridgehead atoms. The molecular weight excluding hydrogens is 240 g/mol. The fraction of sp³-hybridized carbons (Fsp3) is 0.111. The van der Waals surface area contributed by atoms with Gasteiger partial charge in [-0.25, -0.2) is 8.78 Å². The lowest BCUT2D eigenvalue weighted by Crippen LogP contribution is -1.95. The first-order chi connectivity index (χ1) is 6.15. The summed E-state index contributed by atoms with van der Waals surface area (Å²) in [7, 11) is 0. The molecule has 0 aliphatic rings. The van der Waals surface area contributed by atoms with Gasteiger partial charge < -0.3 is 5.73 Å². The predicted octanol–water partition coefficient (Wildman–Crippen LogP) is 2.96. The van der Waals surface area contributed by atoms with Crippen molar-refractivity contribution in [2.24, 2.45) is 0 Å². The summed E-state index contributed by atoms with van der Waals surface area (Å²) in [5.41, 5.74) is 5.12. The molecule has 1 aromatic carbocycles. The molecule has 0 aliphatic heterocycles. The molecule has 0 amide bonds. The molecule has 70 valence electrons. The van der Waals surface area contributed by atoms with E-state index in [1.807, 2.05) is 0 Å². The first-order valence-corrected chi connectivity index (χ1v) is 4.74. The van der Waals surface area contributed by atoms with Gasteiger partial charge in [0, 0.05) is 5.33 Å². The number of halogens is 3. The second-order valence-corrected chi connectivity index (χ2v) is 3.10. The number of hydrogen-bond donors (Lipinski definition) is 1. The number of nitrogens with two attached hydrogens (primary N) is 1. The summed E-state index contributed by atoms with van der Waals surface area (Å²) in [5, 5.41) is 0.639. The van der Waals surface area contributed by atoms with Crippen LogP contribution >= 0.6 is 15.9 Å². The van der Waals surface area contributed by atoms with Crippen LogP contribution in [0.25, 0.3) is 6.08 Å². The van der Waals surface area contributed by atoms with Gasteiger partial charge in [0.1, 0.15) is 17.3 Å². The maximum absolute atomic E-state index is 12.9. The van der Waals surface area contributed by atoms with Gasteiger partial charge in [-0.2, -0.15) is 0 Å². The van der Waals surface area contributed by atoms with E-state index in [-0.39, 0.29) is 0 Å². The zero-order chi connectivity index (χ0) is 9.84. The van der Waals surface area contributed by atoms with Gasteiger partial charge >= 0.3 is 0 Å². The summed E-state index contributed by atoms with van der Waals surface area (Å²) in [6.07, 6.45) is 3.35. The molecule has 0 heterocycles. The van der Waals surface area contributed by atoms with Crippen LogP contribution in [0.5, 0.6) is 0 Å². The molecule has 0 atom stereocenters. The second-order valence-electron chi connectivity index (χ2n) is 2.45. The molecule has 0 spiro atoms.